The van der Waals surface area contributed by atoms with Crippen molar-refractivity contribution >= 4 is 23.9 Å². The van der Waals surface area contributed by atoms with E-state index in [2.05, 4.69) is 10.1 Å². The molecule has 1 heterocycles. The van der Waals surface area contributed by atoms with Crippen LogP contribution in [0.2, 0.25) is 0 Å². The molecule has 0 aromatic heterocycles. The lowest BCUT2D eigenvalue weighted by atomic mass is 9.91. The maximum absolute atomic E-state index is 11.6. The Bertz CT molecular complexity index is 423. The highest BCUT2D eigenvalue weighted by molar-refractivity contribution is 5.94. The summed E-state index contributed by atoms with van der Waals surface area (Å²) in [6.07, 6.45) is -1.61. The van der Waals surface area contributed by atoms with Crippen LogP contribution in [0.3, 0.4) is 0 Å². The number of carboxylic acid groups (broad SMARTS) is 2. The van der Waals surface area contributed by atoms with Gasteiger partial charge < -0.3 is 25.2 Å². The van der Waals surface area contributed by atoms with E-state index >= 15 is 0 Å². The van der Waals surface area contributed by atoms with Crippen LogP contribution in [0.25, 0.3) is 0 Å². The van der Waals surface area contributed by atoms with Crippen molar-refractivity contribution in [1.29, 1.82) is 0 Å². The Labute approximate surface area is 114 Å². The van der Waals surface area contributed by atoms with Crippen molar-refractivity contribution in [3.05, 3.63) is 0 Å². The van der Waals surface area contributed by atoms with Gasteiger partial charge in [0.1, 0.15) is 6.42 Å². The topological polar surface area (TPSA) is 133 Å². The fourth-order valence-corrected chi connectivity index (χ4v) is 2.03. The smallest absolute Gasteiger partial charge is 0.407 e. The molecule has 1 fully saturated rings. The lowest BCUT2D eigenvalue weighted by molar-refractivity contribution is -0.145. The summed E-state index contributed by atoms with van der Waals surface area (Å²) in [5.41, 5.74) is 0. The highest BCUT2D eigenvalue weighted by Crippen LogP contribution is 2.18. The van der Waals surface area contributed by atoms with Gasteiger partial charge in [-0.15, -0.1) is 0 Å². The van der Waals surface area contributed by atoms with Gasteiger partial charge in [-0.1, -0.05) is 0 Å². The van der Waals surface area contributed by atoms with Gasteiger partial charge in [0.2, 0.25) is 5.91 Å². The molecule has 112 valence electrons. The van der Waals surface area contributed by atoms with E-state index in [-0.39, 0.29) is 19.5 Å². The average Bonchev–Trinajstić information content (AvgIpc) is 2.37. The molecule has 1 rings (SSSR count). The first-order valence-corrected chi connectivity index (χ1v) is 5.92. The average molecular weight is 288 g/mol. The van der Waals surface area contributed by atoms with E-state index in [4.69, 9.17) is 10.2 Å². The van der Waals surface area contributed by atoms with Gasteiger partial charge in [-0.2, -0.15) is 0 Å². The van der Waals surface area contributed by atoms with Gasteiger partial charge in [0.05, 0.1) is 19.1 Å². The molecule has 1 aliphatic rings. The van der Waals surface area contributed by atoms with Gasteiger partial charge in [-0.05, 0) is 6.42 Å². The summed E-state index contributed by atoms with van der Waals surface area (Å²) >= 11 is 0. The van der Waals surface area contributed by atoms with Crippen LogP contribution in [0, 0.1) is 5.92 Å². The first-order chi connectivity index (χ1) is 9.35. The number of amides is 2. The van der Waals surface area contributed by atoms with Gasteiger partial charge in [0.15, 0.2) is 0 Å². The van der Waals surface area contributed by atoms with Crippen molar-refractivity contribution in [3.63, 3.8) is 0 Å². The maximum Gasteiger partial charge on any atom is 0.407 e. The number of nitrogens with zero attached hydrogens (tertiary/aromatic N) is 1. The number of hydrogen-bond acceptors (Lipinski definition) is 5. The van der Waals surface area contributed by atoms with Gasteiger partial charge in [0.25, 0.3) is 0 Å². The Morgan fingerprint density at radius 3 is 2.45 bits per heavy atom. The highest BCUT2D eigenvalue weighted by Gasteiger charge is 2.36. The molecule has 1 aliphatic heterocycles. The second kappa shape index (κ2) is 6.73. The minimum Gasteiger partial charge on any atom is -0.481 e. The van der Waals surface area contributed by atoms with Crippen LogP contribution in [0.15, 0.2) is 0 Å². The number of likely N-dealkylation sites (tertiary alicyclic amines) is 1. The SMILES string of the molecule is COC(=O)CC(=O)NC1CN(C(=O)O)CCC1C(=O)O. The van der Waals surface area contributed by atoms with E-state index in [1.165, 1.54) is 0 Å². The minimum absolute atomic E-state index is 0.0929. The van der Waals surface area contributed by atoms with Crippen LogP contribution < -0.4 is 5.32 Å². The molecule has 2 unspecified atom stereocenters. The fraction of sp³-hybridized carbons (Fsp3) is 0.636. The van der Waals surface area contributed by atoms with Gasteiger partial charge in [-0.3, -0.25) is 14.4 Å². The number of ether oxygens (including phenoxy) is 1. The molecule has 0 radical (unpaired) electrons. The number of methoxy groups -OCH3 is 1. The Kier molecular flexibility index (Phi) is 5.30. The summed E-state index contributed by atoms with van der Waals surface area (Å²) < 4.78 is 4.32. The van der Waals surface area contributed by atoms with E-state index < -0.39 is 42.3 Å². The first kappa shape index (κ1) is 15.7. The van der Waals surface area contributed by atoms with E-state index in [9.17, 15) is 19.2 Å². The third kappa shape index (κ3) is 4.11. The molecule has 0 aliphatic carbocycles. The highest BCUT2D eigenvalue weighted by atomic mass is 16.5. The van der Waals surface area contributed by atoms with Crippen LogP contribution in [-0.2, 0) is 19.1 Å². The molecular formula is C11H16N2O7. The number of rotatable bonds is 4. The van der Waals surface area contributed by atoms with Crippen LogP contribution >= 0.6 is 0 Å². The first-order valence-electron chi connectivity index (χ1n) is 5.92. The Morgan fingerprint density at radius 1 is 1.30 bits per heavy atom. The summed E-state index contributed by atoms with van der Waals surface area (Å²) in [6, 6.07) is -0.866. The van der Waals surface area contributed by atoms with Crippen LogP contribution in [0.1, 0.15) is 12.8 Å². The molecule has 9 heteroatoms. The summed E-state index contributed by atoms with van der Waals surface area (Å²) in [6.45, 7) is -0.0329. The van der Waals surface area contributed by atoms with Crippen LogP contribution in [-0.4, -0.2) is 65.3 Å². The molecule has 9 nitrogen and oxygen atoms in total. The predicted octanol–water partition coefficient (Wildman–Crippen LogP) is -0.881. The zero-order valence-electron chi connectivity index (χ0n) is 10.9. The van der Waals surface area contributed by atoms with E-state index in [0.717, 1.165) is 12.0 Å². The lowest BCUT2D eigenvalue weighted by Gasteiger charge is -2.35. The number of carbonyl (C=O) groups excluding carboxylic acids is 2. The van der Waals surface area contributed by atoms with Crippen molar-refractivity contribution in [2.24, 2.45) is 5.92 Å². The van der Waals surface area contributed by atoms with E-state index in [1.807, 2.05) is 0 Å². The number of carbonyl (C=O) groups is 4. The molecular weight excluding hydrogens is 272 g/mol. The zero-order valence-corrected chi connectivity index (χ0v) is 10.9. The van der Waals surface area contributed by atoms with Crippen molar-refractivity contribution < 1.29 is 34.1 Å². The normalized spacial score (nSPS) is 21.9. The molecule has 0 spiro atoms. The number of esters is 1. The molecule has 0 aromatic rings. The van der Waals surface area contributed by atoms with E-state index in [0.29, 0.717) is 0 Å². The third-order valence-electron chi connectivity index (χ3n) is 3.08. The Balaban J connectivity index is 2.69. The zero-order chi connectivity index (χ0) is 15.3. The molecule has 2 amide bonds. The second-order valence-corrected chi connectivity index (χ2v) is 4.39. The van der Waals surface area contributed by atoms with Crippen LogP contribution in [0.4, 0.5) is 4.79 Å². The summed E-state index contributed by atoms with van der Waals surface area (Å²) in [7, 11) is 1.13. The number of carboxylic acids is 1. The number of piperidine rings is 1. The van der Waals surface area contributed by atoms with Gasteiger partial charge in [0, 0.05) is 13.1 Å². The summed E-state index contributed by atoms with van der Waals surface area (Å²) in [4.78, 5) is 45.5. The molecule has 1 saturated heterocycles. The largest absolute Gasteiger partial charge is 0.481 e. The maximum atomic E-state index is 11.6. The minimum atomic E-state index is -1.18. The lowest BCUT2D eigenvalue weighted by Crippen LogP contribution is -2.56. The standard InChI is InChI=1S/C11H16N2O7/c1-20-9(15)4-8(14)12-7-5-13(11(18)19)3-2-6(7)10(16)17/h6-7H,2-5H2,1H3,(H,12,14)(H,16,17)(H,18,19). The Morgan fingerprint density at radius 2 is 1.95 bits per heavy atom. The molecule has 0 aromatic carbocycles. The molecule has 0 bridgehead atoms. The predicted molar refractivity (Wildman–Crippen MR) is 63.9 cm³/mol. The molecule has 0 saturated carbocycles. The quantitative estimate of drug-likeness (QED) is 0.451. The molecule has 2 atom stereocenters. The summed E-state index contributed by atoms with van der Waals surface area (Å²) in [5, 5.41) is 20.3. The monoisotopic (exact) mass is 288 g/mol. The van der Waals surface area contributed by atoms with Gasteiger partial charge in [-0.25, -0.2) is 4.79 Å². The van der Waals surface area contributed by atoms with Gasteiger partial charge >= 0.3 is 18.0 Å². The van der Waals surface area contributed by atoms with Crippen molar-refractivity contribution in [3.8, 4) is 0 Å². The number of hydrogen-bond donors (Lipinski definition) is 3. The molecule has 3 N–H and O–H groups in total. The van der Waals surface area contributed by atoms with Crippen molar-refractivity contribution in [2.75, 3.05) is 20.2 Å². The fourth-order valence-electron chi connectivity index (χ4n) is 2.03. The third-order valence-corrected chi connectivity index (χ3v) is 3.08. The second-order valence-electron chi connectivity index (χ2n) is 4.39. The summed E-state index contributed by atoms with van der Waals surface area (Å²) in [5.74, 6) is -3.44. The van der Waals surface area contributed by atoms with Crippen molar-refractivity contribution in [1.82, 2.24) is 10.2 Å². The Hall–Kier alpha value is -2.32. The molecule has 20 heavy (non-hydrogen) atoms. The van der Waals surface area contributed by atoms with Crippen LogP contribution in [0.5, 0.6) is 0 Å². The van der Waals surface area contributed by atoms with Crippen molar-refractivity contribution in [2.45, 2.75) is 18.9 Å². The number of nitrogens with one attached hydrogen (secondary N) is 1. The number of aliphatic carboxylic acids is 1. The van der Waals surface area contributed by atoms with E-state index in [1.54, 1.807) is 0 Å².